The molecule has 3 heterocycles. The molecule has 0 aliphatic carbocycles. The van der Waals surface area contributed by atoms with Crippen LogP contribution in [-0.2, 0) is 6.54 Å². The maximum Gasteiger partial charge on any atom is 0.191 e. The van der Waals surface area contributed by atoms with E-state index in [1.54, 1.807) is 0 Å². The number of nitrogens with zero attached hydrogens (tertiary/aromatic N) is 5. The highest BCUT2D eigenvalue weighted by Gasteiger charge is 2.18. The van der Waals surface area contributed by atoms with Crippen LogP contribution in [0.1, 0.15) is 38.7 Å². The summed E-state index contributed by atoms with van der Waals surface area (Å²) in [6, 6.07) is 4.18. The highest BCUT2D eigenvalue weighted by Crippen LogP contribution is 2.19. The number of anilines is 1. The number of halogens is 1. The van der Waals surface area contributed by atoms with Crippen LogP contribution >= 0.6 is 24.0 Å². The molecule has 2 fully saturated rings. The molecular weight excluding hydrogens is 501 g/mol. The Labute approximate surface area is 206 Å². The molecule has 0 radical (unpaired) electrons. The first kappa shape index (κ1) is 26.1. The lowest BCUT2D eigenvalue weighted by Crippen LogP contribution is -2.45. The minimum Gasteiger partial charge on any atom is -0.357 e. The molecule has 1 aromatic heterocycles. The van der Waals surface area contributed by atoms with Crippen molar-refractivity contribution in [3.63, 3.8) is 0 Å². The molecule has 3 rings (SSSR count). The zero-order valence-corrected chi connectivity index (χ0v) is 22.0. The molecule has 1 aromatic rings. The van der Waals surface area contributed by atoms with Crippen molar-refractivity contribution in [1.82, 2.24) is 25.4 Å². The smallest absolute Gasteiger partial charge is 0.191 e. The fraction of sp³-hybridized carbons (Fsp3) is 0.739. The van der Waals surface area contributed by atoms with Gasteiger partial charge in [0.05, 0.1) is 6.54 Å². The zero-order chi connectivity index (χ0) is 21.2. The molecule has 0 unspecified atom stereocenters. The number of piperidine rings is 1. The predicted molar refractivity (Wildman–Crippen MR) is 142 cm³/mol. The van der Waals surface area contributed by atoms with Crippen molar-refractivity contribution in [2.24, 2.45) is 10.9 Å². The first-order valence-corrected chi connectivity index (χ1v) is 11.8. The number of nitrogens with one attached hydrogen (secondary N) is 2. The molecule has 2 aliphatic rings. The summed E-state index contributed by atoms with van der Waals surface area (Å²) in [5.74, 6) is 2.89. The van der Waals surface area contributed by atoms with Gasteiger partial charge in [-0.25, -0.2) is 9.98 Å². The zero-order valence-electron chi connectivity index (χ0n) is 19.6. The summed E-state index contributed by atoms with van der Waals surface area (Å²) < 4.78 is 0. The van der Waals surface area contributed by atoms with E-state index in [2.05, 4.69) is 57.3 Å². The van der Waals surface area contributed by atoms with Gasteiger partial charge in [-0.2, -0.15) is 0 Å². The van der Waals surface area contributed by atoms with Crippen molar-refractivity contribution in [2.75, 3.05) is 70.9 Å². The third-order valence-corrected chi connectivity index (χ3v) is 6.24. The van der Waals surface area contributed by atoms with Crippen molar-refractivity contribution in [3.8, 4) is 0 Å². The molecule has 0 bridgehead atoms. The minimum atomic E-state index is 0. The molecule has 0 spiro atoms. The molecule has 31 heavy (non-hydrogen) atoms. The fourth-order valence-corrected chi connectivity index (χ4v) is 4.16. The van der Waals surface area contributed by atoms with Crippen LogP contribution in [-0.4, -0.2) is 86.7 Å². The second-order valence-corrected chi connectivity index (χ2v) is 8.78. The van der Waals surface area contributed by atoms with E-state index in [-0.39, 0.29) is 24.0 Å². The molecule has 0 saturated carbocycles. The van der Waals surface area contributed by atoms with Gasteiger partial charge < -0.3 is 25.3 Å². The lowest BCUT2D eigenvalue weighted by molar-refractivity contribution is 0.191. The van der Waals surface area contributed by atoms with E-state index >= 15 is 0 Å². The number of aromatic nitrogens is 1. The molecule has 2 N–H and O–H groups in total. The summed E-state index contributed by atoms with van der Waals surface area (Å²) in [5, 5.41) is 6.90. The summed E-state index contributed by atoms with van der Waals surface area (Å²) in [6.07, 6.45) is 5.74. The Hall–Kier alpha value is -1.13. The Morgan fingerprint density at radius 1 is 1.13 bits per heavy atom. The summed E-state index contributed by atoms with van der Waals surface area (Å²) in [4.78, 5) is 16.9. The lowest BCUT2D eigenvalue weighted by Gasteiger charge is -2.34. The predicted octanol–water partition coefficient (Wildman–Crippen LogP) is 2.63. The Bertz CT molecular complexity index is 653. The average Bonchev–Trinajstić information content (AvgIpc) is 2.77. The number of hydrogen-bond acceptors (Lipinski definition) is 5. The van der Waals surface area contributed by atoms with Crippen molar-refractivity contribution in [3.05, 3.63) is 23.9 Å². The monoisotopic (exact) mass is 543 g/mol. The first-order chi connectivity index (χ1) is 14.7. The largest absolute Gasteiger partial charge is 0.357 e. The summed E-state index contributed by atoms with van der Waals surface area (Å²) in [7, 11) is 2.18. The van der Waals surface area contributed by atoms with Crippen LogP contribution in [0.4, 0.5) is 5.82 Å². The molecule has 0 aromatic carbocycles. The maximum absolute atomic E-state index is 4.85. The van der Waals surface area contributed by atoms with E-state index in [1.807, 2.05) is 12.3 Å². The van der Waals surface area contributed by atoms with Crippen molar-refractivity contribution >= 4 is 35.8 Å². The molecular formula is C23H42IN7. The van der Waals surface area contributed by atoms with Gasteiger partial charge in [0.25, 0.3) is 0 Å². The van der Waals surface area contributed by atoms with E-state index in [9.17, 15) is 0 Å². The molecule has 2 saturated heterocycles. The second kappa shape index (κ2) is 14.1. The molecule has 0 amide bonds. The van der Waals surface area contributed by atoms with Gasteiger partial charge in [0, 0.05) is 51.0 Å². The van der Waals surface area contributed by atoms with Gasteiger partial charge in [-0.15, -0.1) is 24.0 Å². The van der Waals surface area contributed by atoms with E-state index in [4.69, 9.17) is 4.99 Å². The standard InChI is InChI=1S/C23H41N7.HI/c1-4-24-23(26-11-6-12-29-13-8-20(2)9-14-29)27-19-21-7-5-10-25-22(21)30-17-15-28(3)16-18-30;/h5,7,10,20H,4,6,8-9,11-19H2,1-3H3,(H2,24,26,27);1H. The van der Waals surface area contributed by atoms with Crippen LogP contribution in [0.15, 0.2) is 23.3 Å². The quantitative estimate of drug-likeness (QED) is 0.228. The van der Waals surface area contributed by atoms with E-state index in [0.717, 1.165) is 63.4 Å². The van der Waals surface area contributed by atoms with Crippen LogP contribution in [0.3, 0.4) is 0 Å². The summed E-state index contributed by atoms with van der Waals surface area (Å²) >= 11 is 0. The van der Waals surface area contributed by atoms with Gasteiger partial charge in [0.1, 0.15) is 5.82 Å². The van der Waals surface area contributed by atoms with Crippen molar-refractivity contribution in [2.45, 2.75) is 39.7 Å². The topological polar surface area (TPSA) is 59.0 Å². The SMILES string of the molecule is CCNC(=NCc1cccnc1N1CCN(C)CC1)NCCCN1CCC(C)CC1.I. The maximum atomic E-state index is 4.85. The number of piperazine rings is 1. The highest BCUT2D eigenvalue weighted by atomic mass is 127. The van der Waals surface area contributed by atoms with Gasteiger partial charge in [0.2, 0.25) is 0 Å². The second-order valence-electron chi connectivity index (χ2n) is 8.78. The normalized spacial score (nSPS) is 19.2. The minimum absolute atomic E-state index is 0. The van der Waals surface area contributed by atoms with Crippen LogP contribution < -0.4 is 15.5 Å². The summed E-state index contributed by atoms with van der Waals surface area (Å²) in [5.41, 5.74) is 1.20. The molecule has 8 heteroatoms. The van der Waals surface area contributed by atoms with Gasteiger partial charge in [-0.05, 0) is 64.9 Å². The first-order valence-electron chi connectivity index (χ1n) is 11.8. The Balaban J connectivity index is 0.00000341. The number of likely N-dealkylation sites (N-methyl/N-ethyl adjacent to an activating group) is 1. The van der Waals surface area contributed by atoms with Crippen LogP contribution in [0.25, 0.3) is 0 Å². The van der Waals surface area contributed by atoms with Gasteiger partial charge in [0.15, 0.2) is 5.96 Å². The van der Waals surface area contributed by atoms with Crippen LogP contribution in [0.5, 0.6) is 0 Å². The summed E-state index contributed by atoms with van der Waals surface area (Å²) in [6.45, 7) is 14.9. The number of hydrogen-bond donors (Lipinski definition) is 2. The van der Waals surface area contributed by atoms with E-state index < -0.39 is 0 Å². The number of pyridine rings is 1. The third-order valence-electron chi connectivity index (χ3n) is 6.24. The van der Waals surface area contributed by atoms with Crippen molar-refractivity contribution in [1.29, 1.82) is 0 Å². The van der Waals surface area contributed by atoms with Crippen molar-refractivity contribution < 1.29 is 0 Å². The fourth-order valence-electron chi connectivity index (χ4n) is 4.16. The van der Waals surface area contributed by atoms with E-state index in [1.165, 1.54) is 38.0 Å². The van der Waals surface area contributed by atoms with E-state index in [0.29, 0.717) is 6.54 Å². The Morgan fingerprint density at radius 2 is 1.87 bits per heavy atom. The Morgan fingerprint density at radius 3 is 2.58 bits per heavy atom. The molecule has 176 valence electrons. The van der Waals surface area contributed by atoms with Gasteiger partial charge in [-0.3, -0.25) is 0 Å². The van der Waals surface area contributed by atoms with Crippen LogP contribution in [0.2, 0.25) is 0 Å². The number of aliphatic imine (C=N–C) groups is 1. The number of likely N-dealkylation sites (tertiary alicyclic amines) is 1. The third kappa shape index (κ3) is 8.73. The highest BCUT2D eigenvalue weighted by molar-refractivity contribution is 14.0. The molecule has 0 atom stereocenters. The van der Waals surface area contributed by atoms with Gasteiger partial charge >= 0.3 is 0 Å². The average molecular weight is 544 g/mol. The number of rotatable bonds is 8. The lowest BCUT2D eigenvalue weighted by atomic mass is 9.99. The molecule has 2 aliphatic heterocycles. The Kier molecular flexibility index (Phi) is 11.9. The number of guanidine groups is 1. The van der Waals surface area contributed by atoms with Gasteiger partial charge in [-0.1, -0.05) is 13.0 Å². The van der Waals surface area contributed by atoms with Crippen LogP contribution in [0, 0.1) is 5.92 Å². The molecule has 7 nitrogen and oxygen atoms in total.